The first-order valence-corrected chi connectivity index (χ1v) is 9.62. The largest absolute Gasteiger partial charge is 0.272 e. The highest BCUT2D eigenvalue weighted by Gasteiger charge is 2.07. The predicted octanol–water partition coefficient (Wildman–Crippen LogP) is 3.94. The first kappa shape index (κ1) is 17.9. The normalized spacial score (nSPS) is 11.0. The number of hydrogen-bond acceptors (Lipinski definition) is 5. The fourth-order valence-electron chi connectivity index (χ4n) is 3.34. The molecule has 1 aromatic carbocycles. The van der Waals surface area contributed by atoms with Crippen molar-refractivity contribution in [2.45, 2.75) is 13.5 Å². The number of hydrogen-bond donors (Lipinski definition) is 0. The van der Waals surface area contributed by atoms with Crippen molar-refractivity contribution in [1.82, 2.24) is 34.5 Å². The van der Waals surface area contributed by atoms with Crippen molar-refractivity contribution in [3.8, 4) is 28.2 Å². The molecule has 5 rings (SSSR count). The summed E-state index contributed by atoms with van der Waals surface area (Å²) in [6.07, 6.45) is 7.11. The third-order valence-corrected chi connectivity index (χ3v) is 4.83. The topological polar surface area (TPSA) is 74.3 Å². The van der Waals surface area contributed by atoms with Gasteiger partial charge in [-0.05, 0) is 48.9 Å². The monoisotopic (exact) mass is 393 g/mol. The van der Waals surface area contributed by atoms with Gasteiger partial charge in [-0.25, -0.2) is 4.98 Å². The van der Waals surface area contributed by atoms with Crippen molar-refractivity contribution < 1.29 is 0 Å². The van der Waals surface area contributed by atoms with Crippen LogP contribution in [0.4, 0.5) is 0 Å². The fourth-order valence-corrected chi connectivity index (χ4v) is 3.34. The van der Waals surface area contributed by atoms with E-state index < -0.39 is 0 Å². The second-order valence-electron chi connectivity index (χ2n) is 7.02. The van der Waals surface area contributed by atoms with Crippen molar-refractivity contribution in [2.24, 2.45) is 0 Å². The van der Waals surface area contributed by atoms with E-state index in [-0.39, 0.29) is 0 Å². The van der Waals surface area contributed by atoms with E-state index in [1.807, 2.05) is 66.5 Å². The summed E-state index contributed by atoms with van der Waals surface area (Å²) in [5.74, 6) is 0.781. The van der Waals surface area contributed by atoms with Gasteiger partial charge in [0, 0.05) is 29.2 Å². The maximum atomic E-state index is 4.73. The van der Waals surface area contributed by atoms with E-state index in [1.165, 1.54) is 0 Å². The highest BCUT2D eigenvalue weighted by Crippen LogP contribution is 2.25. The van der Waals surface area contributed by atoms with Crippen LogP contribution in [-0.2, 0) is 6.54 Å². The van der Waals surface area contributed by atoms with Crippen LogP contribution < -0.4 is 0 Å². The average molecular weight is 393 g/mol. The molecule has 0 saturated carbocycles. The molecule has 146 valence electrons. The van der Waals surface area contributed by atoms with Crippen molar-refractivity contribution in [3.05, 3.63) is 97.1 Å². The van der Waals surface area contributed by atoms with Gasteiger partial charge in [0.2, 0.25) is 0 Å². The zero-order valence-electron chi connectivity index (χ0n) is 16.4. The minimum atomic E-state index is 0.649. The maximum absolute atomic E-state index is 4.73. The smallest absolute Gasteiger partial charge is 0.139 e. The number of aryl methyl sites for hydroxylation is 1. The van der Waals surface area contributed by atoms with Crippen molar-refractivity contribution >= 4 is 0 Å². The van der Waals surface area contributed by atoms with Gasteiger partial charge in [0.25, 0.3) is 0 Å². The Hall–Kier alpha value is -4.13. The van der Waals surface area contributed by atoms with Gasteiger partial charge in [-0.2, -0.15) is 5.10 Å². The molecule has 4 aromatic heterocycles. The van der Waals surface area contributed by atoms with Gasteiger partial charge >= 0.3 is 0 Å². The van der Waals surface area contributed by atoms with E-state index in [2.05, 4.69) is 38.4 Å². The van der Waals surface area contributed by atoms with E-state index in [0.717, 1.165) is 39.6 Å². The molecule has 7 nitrogen and oxygen atoms in total. The van der Waals surface area contributed by atoms with Crippen molar-refractivity contribution in [1.29, 1.82) is 0 Å². The Labute approximate surface area is 173 Å². The van der Waals surface area contributed by atoms with Crippen LogP contribution in [0.2, 0.25) is 0 Å². The van der Waals surface area contributed by atoms with Gasteiger partial charge in [0.1, 0.15) is 18.5 Å². The molecule has 0 aliphatic heterocycles. The van der Waals surface area contributed by atoms with Crippen molar-refractivity contribution in [2.75, 3.05) is 0 Å². The van der Waals surface area contributed by atoms with Gasteiger partial charge in [-0.3, -0.25) is 14.2 Å². The molecule has 5 aromatic rings. The number of pyridine rings is 2. The second kappa shape index (κ2) is 7.71. The Balaban J connectivity index is 1.38. The summed E-state index contributed by atoms with van der Waals surface area (Å²) < 4.78 is 3.69. The average Bonchev–Trinajstić information content (AvgIpc) is 3.47. The second-order valence-corrected chi connectivity index (χ2v) is 7.02. The first-order valence-electron chi connectivity index (χ1n) is 9.62. The molecule has 0 atom stereocenters. The summed E-state index contributed by atoms with van der Waals surface area (Å²) >= 11 is 0. The van der Waals surface area contributed by atoms with Crippen LogP contribution in [0.15, 0.2) is 85.7 Å². The van der Waals surface area contributed by atoms with Gasteiger partial charge in [-0.15, -0.1) is 10.2 Å². The Morgan fingerprint density at radius 1 is 0.833 bits per heavy atom. The lowest BCUT2D eigenvalue weighted by Gasteiger charge is -2.06. The standard InChI is InChI=1S/C23H19N7/c1-17-4-2-7-21(27-17)14-30-11-10-22(28-30)19-6-3-5-18(12-19)20-8-9-23(24-13-20)29-15-25-26-16-29/h2-13,15-16H,14H2,1H3. The summed E-state index contributed by atoms with van der Waals surface area (Å²) in [7, 11) is 0. The molecule has 7 heteroatoms. The van der Waals surface area contributed by atoms with E-state index in [4.69, 9.17) is 5.10 Å². The van der Waals surface area contributed by atoms with Gasteiger partial charge < -0.3 is 0 Å². The molecule has 0 N–H and O–H groups in total. The zero-order chi connectivity index (χ0) is 20.3. The van der Waals surface area contributed by atoms with E-state index >= 15 is 0 Å². The fraction of sp³-hybridized carbons (Fsp3) is 0.0870. The summed E-state index contributed by atoms with van der Waals surface area (Å²) in [6.45, 7) is 2.65. The predicted molar refractivity (Wildman–Crippen MR) is 114 cm³/mol. The molecule has 0 aliphatic rings. The third-order valence-electron chi connectivity index (χ3n) is 4.83. The Morgan fingerprint density at radius 2 is 1.67 bits per heavy atom. The molecular formula is C23H19N7. The van der Waals surface area contributed by atoms with Crippen LogP contribution in [0, 0.1) is 6.92 Å². The Kier molecular flexibility index (Phi) is 4.61. The Morgan fingerprint density at radius 3 is 2.47 bits per heavy atom. The number of aromatic nitrogens is 7. The Bertz CT molecular complexity index is 1270. The third kappa shape index (κ3) is 3.73. The number of benzene rings is 1. The minimum Gasteiger partial charge on any atom is -0.272 e. The van der Waals surface area contributed by atoms with Gasteiger partial charge in [0.05, 0.1) is 17.9 Å². The molecule has 0 unspecified atom stereocenters. The molecular weight excluding hydrogens is 374 g/mol. The van der Waals surface area contributed by atoms with E-state index in [9.17, 15) is 0 Å². The van der Waals surface area contributed by atoms with Crippen LogP contribution in [0.1, 0.15) is 11.4 Å². The molecule has 0 aliphatic carbocycles. The van der Waals surface area contributed by atoms with Crippen LogP contribution in [0.5, 0.6) is 0 Å². The van der Waals surface area contributed by atoms with Crippen LogP contribution >= 0.6 is 0 Å². The summed E-state index contributed by atoms with van der Waals surface area (Å²) in [4.78, 5) is 9.07. The van der Waals surface area contributed by atoms with E-state index in [0.29, 0.717) is 6.54 Å². The molecule has 4 heterocycles. The van der Waals surface area contributed by atoms with Crippen LogP contribution in [0.3, 0.4) is 0 Å². The highest BCUT2D eigenvalue weighted by atomic mass is 15.3. The summed E-state index contributed by atoms with van der Waals surface area (Å²) in [5.41, 5.74) is 6.13. The molecule has 30 heavy (non-hydrogen) atoms. The lowest BCUT2D eigenvalue weighted by molar-refractivity contribution is 0.673. The minimum absolute atomic E-state index is 0.649. The molecule has 0 fully saturated rings. The SMILES string of the molecule is Cc1cccc(Cn2ccc(-c3cccc(-c4ccc(-n5cnnc5)nc4)c3)n2)n1. The van der Waals surface area contributed by atoms with Crippen molar-refractivity contribution in [3.63, 3.8) is 0 Å². The molecule has 0 radical (unpaired) electrons. The highest BCUT2D eigenvalue weighted by molar-refractivity contribution is 5.71. The zero-order valence-corrected chi connectivity index (χ0v) is 16.4. The quantitative estimate of drug-likeness (QED) is 0.452. The molecule has 0 bridgehead atoms. The maximum Gasteiger partial charge on any atom is 0.139 e. The van der Waals surface area contributed by atoms with Gasteiger partial charge in [0.15, 0.2) is 0 Å². The molecule has 0 saturated heterocycles. The molecule has 0 amide bonds. The van der Waals surface area contributed by atoms with Crippen LogP contribution in [-0.4, -0.2) is 34.5 Å². The van der Waals surface area contributed by atoms with Gasteiger partial charge in [-0.1, -0.05) is 24.3 Å². The first-order chi connectivity index (χ1) is 14.7. The number of rotatable bonds is 5. The summed E-state index contributed by atoms with van der Waals surface area (Å²) in [5, 5.41) is 12.4. The van der Waals surface area contributed by atoms with Crippen LogP contribution in [0.25, 0.3) is 28.2 Å². The summed E-state index contributed by atoms with van der Waals surface area (Å²) in [6, 6.07) is 20.4. The lowest BCUT2D eigenvalue weighted by atomic mass is 10.0. The van der Waals surface area contributed by atoms with E-state index in [1.54, 1.807) is 17.2 Å². The number of nitrogens with zero attached hydrogens (tertiary/aromatic N) is 7. The molecule has 0 spiro atoms. The lowest BCUT2D eigenvalue weighted by Crippen LogP contribution is -2.03.